The molecule has 158 valence electrons. The van der Waals surface area contributed by atoms with E-state index in [1.165, 1.54) is 25.7 Å². The Morgan fingerprint density at radius 1 is 0.966 bits per heavy atom. The van der Waals surface area contributed by atoms with Crippen LogP contribution in [-0.4, -0.2) is 29.7 Å². The van der Waals surface area contributed by atoms with E-state index in [4.69, 9.17) is 0 Å². The van der Waals surface area contributed by atoms with Crippen LogP contribution in [0.15, 0.2) is 12.7 Å². The number of aliphatic carboxylic acids is 2. The minimum absolute atomic E-state index is 0. The Kier molecular flexibility index (Phi) is 21.5. The molecule has 1 N–H and O–H groups in total. The van der Waals surface area contributed by atoms with E-state index < -0.39 is 39.1 Å². The Hall–Kier alpha value is 0.590. The number of hydrogen-bond donors (Lipinski definition) is 1. The van der Waals surface area contributed by atoms with E-state index in [9.17, 15) is 32.8 Å². The predicted octanol–water partition coefficient (Wildman–Crippen LogP) is -4.38. The summed E-state index contributed by atoms with van der Waals surface area (Å²) in [4.78, 5) is 22.9. The molecule has 0 amide bonds. The molecular weight excluding hydrogens is 418 g/mol. The fourth-order valence-corrected chi connectivity index (χ4v) is 4.46. The van der Waals surface area contributed by atoms with Crippen LogP contribution >= 0.6 is 0 Å². The van der Waals surface area contributed by atoms with Crippen LogP contribution in [0, 0.1) is 5.92 Å². The first-order valence-electron chi connectivity index (χ1n) is 9.65. The van der Waals surface area contributed by atoms with Crippen molar-refractivity contribution in [2.45, 2.75) is 88.7 Å². The third-order valence-corrected chi connectivity index (χ3v) is 6.49. The van der Waals surface area contributed by atoms with Crippen molar-refractivity contribution in [1.29, 1.82) is 0 Å². The maximum Gasteiger partial charge on any atom is 1.00 e. The first-order chi connectivity index (χ1) is 12.6. The molecule has 0 aromatic heterocycles. The maximum absolute atomic E-state index is 11.7. The van der Waals surface area contributed by atoms with Gasteiger partial charge in [-0.15, -0.1) is 6.58 Å². The normalized spacial score (nSPS) is 14.0. The van der Waals surface area contributed by atoms with E-state index in [-0.39, 0.29) is 65.5 Å². The van der Waals surface area contributed by atoms with Crippen LogP contribution in [-0.2, 0) is 19.7 Å². The summed E-state index contributed by atoms with van der Waals surface area (Å²) < 4.78 is 29.9. The molecule has 0 fully saturated rings. The van der Waals surface area contributed by atoms with Gasteiger partial charge in [-0.3, -0.25) is 4.55 Å². The molecule has 0 spiro atoms. The van der Waals surface area contributed by atoms with Gasteiger partial charge in [0.15, 0.2) is 0 Å². The van der Waals surface area contributed by atoms with E-state index >= 15 is 0 Å². The molecule has 2 unspecified atom stereocenters. The van der Waals surface area contributed by atoms with Crippen molar-refractivity contribution < 1.29 is 91.9 Å². The van der Waals surface area contributed by atoms with Crippen molar-refractivity contribution in [1.82, 2.24) is 0 Å². The zero-order chi connectivity index (χ0) is 20.9. The third kappa shape index (κ3) is 11.7. The molecule has 0 aliphatic heterocycles. The Morgan fingerprint density at radius 3 is 1.69 bits per heavy atom. The van der Waals surface area contributed by atoms with Crippen molar-refractivity contribution in [2.75, 3.05) is 0 Å². The summed E-state index contributed by atoms with van der Waals surface area (Å²) in [5.41, 5.74) is 0. The molecule has 0 aromatic carbocycles. The number of carboxylic acid groups (broad SMARTS) is 2. The number of carbonyl (C=O) groups is 2. The minimum atomic E-state index is -5.25. The van der Waals surface area contributed by atoms with Crippen LogP contribution in [0.2, 0.25) is 0 Å². The second-order valence-electron chi connectivity index (χ2n) is 6.99. The van der Waals surface area contributed by atoms with Crippen molar-refractivity contribution in [3.8, 4) is 0 Å². The number of carboxylic acids is 2. The van der Waals surface area contributed by atoms with Crippen molar-refractivity contribution >= 4 is 22.1 Å². The summed E-state index contributed by atoms with van der Waals surface area (Å²) in [6.07, 6.45) is 9.82. The largest absolute Gasteiger partial charge is 1.00 e. The van der Waals surface area contributed by atoms with Gasteiger partial charge in [0.2, 0.25) is 0 Å². The summed E-state index contributed by atoms with van der Waals surface area (Å²) in [7, 11) is -5.25. The average molecular weight is 451 g/mol. The van der Waals surface area contributed by atoms with Crippen molar-refractivity contribution in [3.63, 3.8) is 0 Å². The smallest absolute Gasteiger partial charge is 0.550 e. The molecule has 0 heterocycles. The second-order valence-corrected chi connectivity index (χ2v) is 8.67. The maximum atomic E-state index is 11.7. The van der Waals surface area contributed by atoms with Crippen LogP contribution < -0.4 is 69.3 Å². The third-order valence-electron chi connectivity index (χ3n) is 4.95. The molecule has 0 aliphatic carbocycles. The SMILES string of the molecule is C=CCC(C(=O)[O-])(C(CCCCCCCCCCCC)C(=O)[O-])S(=O)(=O)O.[Na+].[Na+]. The Labute approximate surface area is 219 Å². The van der Waals surface area contributed by atoms with Gasteiger partial charge < -0.3 is 19.8 Å². The van der Waals surface area contributed by atoms with Crippen LogP contribution in [0.1, 0.15) is 84.0 Å². The molecule has 7 nitrogen and oxygen atoms in total. The zero-order valence-corrected chi connectivity index (χ0v) is 23.0. The summed E-state index contributed by atoms with van der Waals surface area (Å²) in [6, 6.07) is 0. The summed E-state index contributed by atoms with van der Waals surface area (Å²) in [6.45, 7) is 5.42. The predicted molar refractivity (Wildman–Crippen MR) is 99.1 cm³/mol. The van der Waals surface area contributed by atoms with Crippen molar-refractivity contribution in [3.05, 3.63) is 12.7 Å². The van der Waals surface area contributed by atoms with Crippen LogP contribution in [0.25, 0.3) is 0 Å². The van der Waals surface area contributed by atoms with Gasteiger partial charge in [-0.2, -0.15) is 8.42 Å². The number of allylic oxidation sites excluding steroid dienone is 1. The standard InChI is InChI=1S/C19H34O7S.2Na/c1-3-5-6-7-8-9-10-11-12-13-14-16(17(20)21)19(15-4-2,18(22)23)27(24,25)26;;/h4,16H,2-3,5-15H2,1H3,(H,20,21)(H,22,23)(H,24,25,26);;/q;2*+1/p-2. The molecule has 0 bridgehead atoms. The molecule has 0 radical (unpaired) electrons. The molecule has 10 heteroatoms. The van der Waals surface area contributed by atoms with Gasteiger partial charge in [0, 0.05) is 11.9 Å². The van der Waals surface area contributed by atoms with E-state index in [1.807, 2.05) is 0 Å². The van der Waals surface area contributed by atoms with E-state index in [0.717, 1.165) is 31.8 Å². The van der Waals surface area contributed by atoms with Crippen molar-refractivity contribution in [2.24, 2.45) is 5.92 Å². The number of unbranched alkanes of at least 4 members (excludes halogenated alkanes) is 9. The van der Waals surface area contributed by atoms with E-state index in [1.54, 1.807) is 0 Å². The van der Waals surface area contributed by atoms with Gasteiger partial charge in [-0.25, -0.2) is 0 Å². The quantitative estimate of drug-likeness (QED) is 0.102. The van der Waals surface area contributed by atoms with E-state index in [0.29, 0.717) is 12.8 Å². The Balaban J connectivity index is -0.00000338. The van der Waals surface area contributed by atoms with Crippen LogP contribution in [0.4, 0.5) is 0 Å². The number of carbonyl (C=O) groups excluding carboxylic acids is 2. The molecule has 0 rings (SSSR count). The monoisotopic (exact) mass is 450 g/mol. The summed E-state index contributed by atoms with van der Waals surface area (Å²) >= 11 is 0. The van der Waals surface area contributed by atoms with Gasteiger partial charge in [0.05, 0.1) is 5.97 Å². The molecule has 2 atom stereocenters. The van der Waals surface area contributed by atoms with Gasteiger partial charge >= 0.3 is 59.1 Å². The first-order valence-corrected chi connectivity index (χ1v) is 11.1. The molecule has 29 heavy (non-hydrogen) atoms. The summed E-state index contributed by atoms with van der Waals surface area (Å²) in [5, 5.41) is 22.9. The van der Waals surface area contributed by atoms with Gasteiger partial charge in [-0.05, 0) is 12.8 Å². The average Bonchev–Trinajstić information content (AvgIpc) is 2.56. The zero-order valence-electron chi connectivity index (χ0n) is 18.2. The fraction of sp³-hybridized carbons (Fsp3) is 0.789. The molecule has 0 aliphatic rings. The van der Waals surface area contributed by atoms with E-state index in [2.05, 4.69) is 13.5 Å². The first kappa shape index (κ1) is 34.2. The topological polar surface area (TPSA) is 135 Å². The van der Waals surface area contributed by atoms with Gasteiger partial charge in [0.25, 0.3) is 10.1 Å². The molecular formula is C19H32Na2O7S. The number of rotatable bonds is 17. The molecule has 0 aromatic rings. The second kappa shape index (κ2) is 18.2. The Bertz CT molecular complexity index is 581. The number of hydrogen-bond acceptors (Lipinski definition) is 6. The van der Waals surface area contributed by atoms with Gasteiger partial charge in [0.1, 0.15) is 4.75 Å². The van der Waals surface area contributed by atoms with Crippen LogP contribution in [0.3, 0.4) is 0 Å². The fourth-order valence-electron chi connectivity index (χ4n) is 3.35. The van der Waals surface area contributed by atoms with Crippen LogP contribution in [0.5, 0.6) is 0 Å². The van der Waals surface area contributed by atoms with Gasteiger partial charge in [-0.1, -0.05) is 77.2 Å². The Morgan fingerprint density at radius 2 is 1.38 bits per heavy atom. The minimum Gasteiger partial charge on any atom is -0.550 e. The molecule has 0 saturated heterocycles. The summed E-state index contributed by atoms with van der Waals surface area (Å²) in [5.74, 6) is -5.91. The molecule has 0 saturated carbocycles.